The lowest BCUT2D eigenvalue weighted by Crippen LogP contribution is -2.47. The lowest BCUT2D eigenvalue weighted by Gasteiger charge is -2.39. The Labute approximate surface area is 365 Å². The smallest absolute Gasteiger partial charge is 0.241 e. The van der Waals surface area contributed by atoms with Gasteiger partial charge in [-0.3, -0.25) is 9.69 Å². The zero-order chi connectivity index (χ0) is 43.6. The van der Waals surface area contributed by atoms with Gasteiger partial charge in [-0.25, -0.2) is 8.42 Å². The maximum atomic E-state index is 13.8. The van der Waals surface area contributed by atoms with Crippen LogP contribution in [0.3, 0.4) is 0 Å². The van der Waals surface area contributed by atoms with Gasteiger partial charge in [-0.2, -0.15) is 4.72 Å². The number of carbonyl (C=O) groups excluding carboxylic acids is 1. The molecule has 0 saturated carbocycles. The number of amides is 1. The molecule has 0 aliphatic carbocycles. The topological polar surface area (TPSA) is 137 Å². The van der Waals surface area contributed by atoms with Gasteiger partial charge < -0.3 is 25.0 Å². The molecule has 1 amide bonds. The van der Waals surface area contributed by atoms with Crippen LogP contribution in [-0.4, -0.2) is 61.2 Å². The van der Waals surface area contributed by atoms with Crippen molar-refractivity contribution in [2.45, 2.75) is 81.4 Å². The van der Waals surface area contributed by atoms with Gasteiger partial charge in [0.1, 0.15) is 6.04 Å². The van der Waals surface area contributed by atoms with E-state index in [0.717, 1.165) is 50.1 Å². The Balaban J connectivity index is 1.07. The predicted molar refractivity (Wildman–Crippen MR) is 241 cm³/mol. The minimum atomic E-state index is -3.98. The van der Waals surface area contributed by atoms with Crippen LogP contribution < -0.4 is 10.0 Å². The summed E-state index contributed by atoms with van der Waals surface area (Å²) in [6, 6.07) is 48.0. The van der Waals surface area contributed by atoms with Crippen molar-refractivity contribution in [2.24, 2.45) is 0 Å². The van der Waals surface area contributed by atoms with Gasteiger partial charge in [-0.05, 0) is 90.5 Å². The number of aliphatic hydroxyl groups is 2. The molecule has 1 fully saturated rings. The first-order valence-corrected chi connectivity index (χ1v) is 22.5. The Hall–Kier alpha value is -5.50. The van der Waals surface area contributed by atoms with Gasteiger partial charge in [0.2, 0.25) is 15.9 Å². The quantitative estimate of drug-likeness (QED) is 0.0726. The van der Waals surface area contributed by atoms with Crippen LogP contribution in [0, 0.1) is 6.92 Å². The van der Waals surface area contributed by atoms with E-state index < -0.39 is 34.4 Å². The molecule has 0 unspecified atom stereocenters. The highest BCUT2D eigenvalue weighted by molar-refractivity contribution is 7.89. The largest absolute Gasteiger partial charge is 0.392 e. The molecule has 1 aliphatic rings. The first-order chi connectivity index (χ1) is 29.9. The summed E-state index contributed by atoms with van der Waals surface area (Å²) in [4.78, 5) is 16.0. The fourth-order valence-corrected chi connectivity index (χ4v) is 8.93. The maximum absolute atomic E-state index is 13.8. The molecule has 62 heavy (non-hydrogen) atoms. The fraction of sp³-hybridized carbons (Fsp3) is 0.275. The number of aliphatic hydroxyl groups excluding tert-OH is 2. The molecular weight excluding hydrogens is 799 g/mol. The minimum Gasteiger partial charge on any atom is -0.392 e. The molecule has 0 radical (unpaired) electrons. The van der Waals surface area contributed by atoms with Gasteiger partial charge >= 0.3 is 0 Å². The van der Waals surface area contributed by atoms with Crippen LogP contribution in [0.1, 0.15) is 70.8 Å². The van der Waals surface area contributed by atoms with E-state index in [-0.39, 0.29) is 42.7 Å². The summed E-state index contributed by atoms with van der Waals surface area (Å²) in [5.41, 5.74) is 7.96. The van der Waals surface area contributed by atoms with Gasteiger partial charge in [0.25, 0.3) is 0 Å². The van der Waals surface area contributed by atoms with Crippen LogP contribution in [0.5, 0.6) is 0 Å². The SMILES string of the molecule is Cc1ccc(S(=O)(=O)N[C@H](Cc2ccccc2)C(=O)NCc2cccc(-c3cccc([C@@H]4O[C@H](CN(C)[C@H](C)[C@@H](O)c5ccccc5)C[C@H](c5ccc(CO)cc5)O4)c3)c2)cc1. The molecule has 11 heteroatoms. The van der Waals surface area contributed by atoms with E-state index in [2.05, 4.69) is 21.0 Å². The Morgan fingerprint density at radius 2 is 1.40 bits per heavy atom. The number of nitrogens with zero attached hydrogens (tertiary/aromatic N) is 1. The molecule has 322 valence electrons. The number of hydrogen-bond acceptors (Lipinski definition) is 8. The highest BCUT2D eigenvalue weighted by atomic mass is 32.2. The highest BCUT2D eigenvalue weighted by Crippen LogP contribution is 2.39. The Morgan fingerprint density at radius 3 is 2.10 bits per heavy atom. The number of sulfonamides is 1. The standard InChI is InChI=1S/C51H55N3O7S/c1-35-20-26-46(27-21-35)62(58,59)53-47(29-37-12-6-4-7-13-37)50(57)52-32-39-14-10-17-42(28-39)43-18-11-19-44(30-43)51-60-45(31-48(61-51)40-24-22-38(34-55)23-25-40)33-54(3)36(2)49(56)41-15-8-5-9-16-41/h4-28,30,36,45,47-49,51,53,55-56H,29,31-34H2,1-3H3,(H,52,57)/t36-,45+,47-,48-,49-,51-/m1/s1. The van der Waals surface area contributed by atoms with Gasteiger partial charge in [0, 0.05) is 31.1 Å². The Kier molecular flexibility index (Phi) is 14.8. The first kappa shape index (κ1) is 44.6. The van der Waals surface area contributed by atoms with Crippen molar-refractivity contribution in [3.05, 3.63) is 197 Å². The molecule has 1 saturated heterocycles. The minimum absolute atomic E-state index is 0.0439. The second-order valence-corrected chi connectivity index (χ2v) is 17.8. The van der Waals surface area contributed by atoms with Crippen molar-refractivity contribution in [1.82, 2.24) is 14.9 Å². The average molecular weight is 854 g/mol. The zero-order valence-electron chi connectivity index (χ0n) is 35.3. The van der Waals surface area contributed by atoms with E-state index in [1.54, 1.807) is 12.1 Å². The summed E-state index contributed by atoms with van der Waals surface area (Å²) < 4.78 is 42.9. The Morgan fingerprint density at radius 1 is 0.758 bits per heavy atom. The van der Waals surface area contributed by atoms with Crippen LogP contribution in [0.25, 0.3) is 11.1 Å². The predicted octanol–water partition coefficient (Wildman–Crippen LogP) is 7.96. The first-order valence-electron chi connectivity index (χ1n) is 21.0. The molecule has 6 atom stereocenters. The summed E-state index contributed by atoms with van der Waals surface area (Å²) in [5.74, 6) is -0.437. The van der Waals surface area contributed by atoms with Crippen molar-refractivity contribution >= 4 is 15.9 Å². The molecule has 0 aromatic heterocycles. The highest BCUT2D eigenvalue weighted by Gasteiger charge is 2.34. The van der Waals surface area contributed by atoms with E-state index in [9.17, 15) is 23.4 Å². The van der Waals surface area contributed by atoms with Gasteiger partial charge in [-0.1, -0.05) is 139 Å². The number of nitrogens with one attached hydrogen (secondary N) is 2. The molecule has 0 bridgehead atoms. The summed E-state index contributed by atoms with van der Waals surface area (Å²) in [6.07, 6.45) is -1.10. The molecule has 1 heterocycles. The molecule has 7 rings (SSSR count). The van der Waals surface area contributed by atoms with Crippen molar-refractivity contribution in [2.75, 3.05) is 13.6 Å². The van der Waals surface area contributed by atoms with Crippen molar-refractivity contribution in [3.63, 3.8) is 0 Å². The third kappa shape index (κ3) is 11.5. The number of likely N-dealkylation sites (N-methyl/N-ethyl adjacent to an activating group) is 1. The number of aryl methyl sites for hydroxylation is 1. The van der Waals surface area contributed by atoms with Gasteiger partial charge in [-0.15, -0.1) is 0 Å². The lowest BCUT2D eigenvalue weighted by atomic mass is 9.97. The molecule has 10 nitrogen and oxygen atoms in total. The van der Waals surface area contributed by atoms with E-state index in [0.29, 0.717) is 13.0 Å². The molecule has 0 spiro atoms. The van der Waals surface area contributed by atoms with Crippen LogP contribution >= 0.6 is 0 Å². The second kappa shape index (κ2) is 20.6. The maximum Gasteiger partial charge on any atom is 0.241 e. The lowest BCUT2D eigenvalue weighted by molar-refractivity contribution is -0.253. The van der Waals surface area contributed by atoms with Gasteiger partial charge in [0.15, 0.2) is 6.29 Å². The fourth-order valence-electron chi connectivity index (χ4n) is 7.74. The molecule has 6 aromatic rings. The molecule has 1 aliphatic heterocycles. The number of ether oxygens (including phenoxy) is 2. The second-order valence-electron chi connectivity index (χ2n) is 16.1. The summed E-state index contributed by atoms with van der Waals surface area (Å²) in [5, 5.41) is 23.9. The summed E-state index contributed by atoms with van der Waals surface area (Å²) in [7, 11) is -1.98. The number of hydrogen-bond donors (Lipinski definition) is 4. The van der Waals surface area contributed by atoms with Crippen molar-refractivity contribution in [1.29, 1.82) is 0 Å². The Bertz CT molecular complexity index is 2490. The third-order valence-corrected chi connectivity index (χ3v) is 13.0. The molecular formula is C51H55N3O7S. The van der Waals surface area contributed by atoms with E-state index in [4.69, 9.17) is 9.47 Å². The van der Waals surface area contributed by atoms with Crippen molar-refractivity contribution < 1.29 is 32.9 Å². The summed E-state index contributed by atoms with van der Waals surface area (Å²) in [6.45, 7) is 4.60. The zero-order valence-corrected chi connectivity index (χ0v) is 36.1. The van der Waals surface area contributed by atoms with Crippen LogP contribution in [0.2, 0.25) is 0 Å². The van der Waals surface area contributed by atoms with E-state index in [1.165, 1.54) is 12.1 Å². The normalized spacial score (nSPS) is 18.2. The third-order valence-electron chi connectivity index (χ3n) is 11.5. The number of rotatable bonds is 17. The van der Waals surface area contributed by atoms with E-state index in [1.807, 2.05) is 148 Å². The number of carbonyl (C=O) groups is 1. The van der Waals surface area contributed by atoms with Crippen LogP contribution in [0.4, 0.5) is 0 Å². The monoisotopic (exact) mass is 853 g/mol. The van der Waals surface area contributed by atoms with Crippen LogP contribution in [0.15, 0.2) is 163 Å². The summed E-state index contributed by atoms with van der Waals surface area (Å²) >= 11 is 0. The molecule has 6 aromatic carbocycles. The van der Waals surface area contributed by atoms with E-state index >= 15 is 0 Å². The van der Waals surface area contributed by atoms with Crippen LogP contribution in [-0.2, 0) is 43.9 Å². The van der Waals surface area contributed by atoms with Gasteiger partial charge in [0.05, 0.1) is 29.8 Å². The van der Waals surface area contributed by atoms with Crippen molar-refractivity contribution in [3.8, 4) is 11.1 Å². The number of benzene rings is 6. The molecule has 4 N–H and O–H groups in total. The average Bonchev–Trinajstić information content (AvgIpc) is 3.30.